The van der Waals surface area contributed by atoms with Gasteiger partial charge < -0.3 is 4.74 Å². The van der Waals surface area contributed by atoms with E-state index in [9.17, 15) is 4.79 Å². The van der Waals surface area contributed by atoms with Gasteiger partial charge in [-0.15, -0.1) is 0 Å². The fourth-order valence-electron chi connectivity index (χ4n) is 1.92. The summed E-state index contributed by atoms with van der Waals surface area (Å²) in [4.78, 5) is 18.3. The molecular formula is C14H19N3O2S. The zero-order valence-electron chi connectivity index (χ0n) is 11.9. The molecule has 1 aromatic heterocycles. The van der Waals surface area contributed by atoms with Crippen molar-refractivity contribution >= 4 is 23.3 Å². The number of carbonyl (C=O) groups is 1. The molecule has 5 nitrogen and oxygen atoms in total. The summed E-state index contributed by atoms with van der Waals surface area (Å²) in [5.41, 5.74) is -0.478. The first kappa shape index (κ1) is 14.7. The molecule has 108 valence electrons. The van der Waals surface area contributed by atoms with Crippen LogP contribution in [-0.2, 0) is 4.74 Å². The van der Waals surface area contributed by atoms with Crippen molar-refractivity contribution in [1.29, 1.82) is 0 Å². The van der Waals surface area contributed by atoms with Gasteiger partial charge in [0.2, 0.25) is 0 Å². The molecule has 0 saturated heterocycles. The molecule has 0 aliphatic carbocycles. The number of hydrogen-bond donors (Lipinski definition) is 0. The van der Waals surface area contributed by atoms with Crippen molar-refractivity contribution in [2.24, 2.45) is 5.92 Å². The molecule has 0 fully saturated rings. The van der Waals surface area contributed by atoms with E-state index in [-0.39, 0.29) is 12.0 Å². The Morgan fingerprint density at radius 1 is 1.45 bits per heavy atom. The maximum Gasteiger partial charge on any atom is 0.414 e. The predicted molar refractivity (Wildman–Crippen MR) is 80.4 cm³/mol. The van der Waals surface area contributed by atoms with Crippen molar-refractivity contribution in [3.63, 3.8) is 0 Å². The highest BCUT2D eigenvalue weighted by atomic mass is 32.1. The van der Waals surface area contributed by atoms with E-state index in [1.165, 1.54) is 0 Å². The zero-order valence-corrected chi connectivity index (χ0v) is 12.8. The fourth-order valence-corrected chi connectivity index (χ4v) is 2.22. The van der Waals surface area contributed by atoms with E-state index in [0.29, 0.717) is 6.54 Å². The van der Waals surface area contributed by atoms with Crippen molar-refractivity contribution in [2.45, 2.75) is 32.8 Å². The number of amides is 1. The minimum atomic E-state index is -0.478. The smallest absolute Gasteiger partial charge is 0.414 e. The Bertz CT molecular complexity index is 517. The Morgan fingerprint density at radius 2 is 2.20 bits per heavy atom. The van der Waals surface area contributed by atoms with Crippen molar-refractivity contribution in [1.82, 2.24) is 14.5 Å². The van der Waals surface area contributed by atoms with Gasteiger partial charge in [-0.3, -0.25) is 9.47 Å². The summed E-state index contributed by atoms with van der Waals surface area (Å²) < 4.78 is 7.16. The number of ether oxygens (including phenoxy) is 1. The third-order valence-electron chi connectivity index (χ3n) is 2.88. The van der Waals surface area contributed by atoms with Crippen LogP contribution in [0.2, 0.25) is 0 Å². The largest absolute Gasteiger partial charge is 0.443 e. The van der Waals surface area contributed by atoms with E-state index in [0.717, 1.165) is 11.4 Å². The molecule has 2 heterocycles. The Labute approximate surface area is 124 Å². The van der Waals surface area contributed by atoms with Gasteiger partial charge in [-0.1, -0.05) is 18.3 Å². The molecule has 1 unspecified atom stereocenters. The van der Waals surface area contributed by atoms with Crippen LogP contribution in [0.5, 0.6) is 0 Å². The van der Waals surface area contributed by atoms with E-state index >= 15 is 0 Å². The number of hydrogen-bond acceptors (Lipinski definition) is 4. The van der Waals surface area contributed by atoms with Crippen LogP contribution < -0.4 is 0 Å². The summed E-state index contributed by atoms with van der Waals surface area (Å²) in [5.74, 6) is 0.137. The van der Waals surface area contributed by atoms with E-state index in [1.54, 1.807) is 23.6 Å². The van der Waals surface area contributed by atoms with Gasteiger partial charge in [-0.25, -0.2) is 9.78 Å². The Hall–Kier alpha value is -1.69. The lowest BCUT2D eigenvalue weighted by Gasteiger charge is -2.29. The van der Waals surface area contributed by atoms with Gasteiger partial charge in [-0.2, -0.15) is 0 Å². The van der Waals surface area contributed by atoms with Gasteiger partial charge in [-0.05, 0) is 27.2 Å². The number of thiocarbonyl (C=S) groups is 1. The first-order valence-corrected chi connectivity index (χ1v) is 6.98. The number of rotatable bonds is 1. The van der Waals surface area contributed by atoms with Gasteiger partial charge in [0.05, 0.1) is 11.3 Å². The highest BCUT2D eigenvalue weighted by molar-refractivity contribution is 7.80. The lowest BCUT2D eigenvalue weighted by atomic mass is 10.0. The van der Waals surface area contributed by atoms with Gasteiger partial charge in [0.15, 0.2) is 0 Å². The number of carbonyl (C=O) groups excluding carboxylic acids is 1. The first-order valence-electron chi connectivity index (χ1n) is 6.57. The Balaban J connectivity index is 1.97. The van der Waals surface area contributed by atoms with Gasteiger partial charge in [0.25, 0.3) is 0 Å². The van der Waals surface area contributed by atoms with Crippen LogP contribution in [-0.4, -0.2) is 37.7 Å². The number of imidazole rings is 1. The molecule has 2 rings (SSSR count). The minimum Gasteiger partial charge on any atom is -0.443 e. The highest BCUT2D eigenvalue weighted by Crippen LogP contribution is 2.19. The highest BCUT2D eigenvalue weighted by Gasteiger charge is 2.25. The van der Waals surface area contributed by atoms with E-state index in [4.69, 9.17) is 17.0 Å². The molecule has 1 aliphatic rings. The monoisotopic (exact) mass is 293 g/mol. The summed E-state index contributed by atoms with van der Waals surface area (Å²) in [6.45, 7) is 6.17. The lowest BCUT2D eigenvalue weighted by Crippen LogP contribution is -2.37. The normalized spacial score (nSPS) is 18.9. The van der Waals surface area contributed by atoms with E-state index in [2.05, 4.69) is 4.98 Å². The van der Waals surface area contributed by atoms with Gasteiger partial charge in [0, 0.05) is 31.1 Å². The second-order valence-corrected chi connectivity index (χ2v) is 6.14. The SMILES string of the molecule is CC(C)(C)OC(=O)N1C=CC(C(=S)n2ccnc2)CC1. The summed E-state index contributed by atoms with van der Waals surface area (Å²) >= 11 is 5.42. The molecule has 0 saturated carbocycles. The molecule has 1 aromatic rings. The fraction of sp³-hybridized carbons (Fsp3) is 0.500. The zero-order chi connectivity index (χ0) is 14.8. The molecule has 1 atom stereocenters. The van der Waals surface area contributed by atoms with Gasteiger partial charge >= 0.3 is 6.09 Å². The van der Waals surface area contributed by atoms with Crippen LogP contribution in [0.3, 0.4) is 0 Å². The molecule has 1 aliphatic heterocycles. The first-order chi connectivity index (χ1) is 9.37. The van der Waals surface area contributed by atoms with Crippen LogP contribution in [0, 0.1) is 5.92 Å². The average molecular weight is 293 g/mol. The topological polar surface area (TPSA) is 47.4 Å². The summed E-state index contributed by atoms with van der Waals surface area (Å²) in [7, 11) is 0. The number of aromatic nitrogens is 2. The quantitative estimate of drug-likeness (QED) is 0.747. The number of allylic oxidation sites excluding steroid dienone is 1. The molecule has 0 aromatic carbocycles. The van der Waals surface area contributed by atoms with Crippen LogP contribution in [0.1, 0.15) is 27.2 Å². The van der Waals surface area contributed by atoms with Crippen LogP contribution in [0.4, 0.5) is 4.79 Å². The van der Waals surface area contributed by atoms with E-state index in [1.807, 2.05) is 37.6 Å². The van der Waals surface area contributed by atoms with Crippen LogP contribution >= 0.6 is 12.2 Å². The molecular weight excluding hydrogens is 274 g/mol. The third-order valence-corrected chi connectivity index (χ3v) is 3.40. The summed E-state index contributed by atoms with van der Waals surface area (Å²) in [6.07, 6.45) is 9.38. The maximum atomic E-state index is 11.9. The molecule has 0 bridgehead atoms. The van der Waals surface area contributed by atoms with Crippen LogP contribution in [0.25, 0.3) is 0 Å². The molecule has 0 spiro atoms. The summed E-state index contributed by atoms with van der Waals surface area (Å²) in [6, 6.07) is 0. The van der Waals surface area contributed by atoms with Gasteiger partial charge in [0.1, 0.15) is 5.60 Å². The number of nitrogens with zero attached hydrogens (tertiary/aromatic N) is 3. The third kappa shape index (κ3) is 3.66. The minimum absolute atomic E-state index is 0.137. The Kier molecular flexibility index (Phi) is 4.23. The molecule has 0 N–H and O–H groups in total. The standard InChI is InChI=1S/C14H19N3O2S/c1-14(2,3)19-13(18)16-7-4-11(5-8-16)12(20)17-9-6-15-10-17/h4,6-7,9-11H,5,8H2,1-3H3. The molecule has 20 heavy (non-hydrogen) atoms. The van der Waals surface area contributed by atoms with Crippen molar-refractivity contribution < 1.29 is 9.53 Å². The summed E-state index contributed by atoms with van der Waals surface area (Å²) in [5, 5.41) is 0. The molecule has 6 heteroatoms. The average Bonchev–Trinajstić information content (AvgIpc) is 2.90. The second kappa shape index (κ2) is 5.75. The van der Waals surface area contributed by atoms with Crippen LogP contribution in [0.15, 0.2) is 31.0 Å². The Morgan fingerprint density at radius 3 is 2.70 bits per heavy atom. The van der Waals surface area contributed by atoms with Crippen molar-refractivity contribution in [2.75, 3.05) is 6.54 Å². The molecule has 0 radical (unpaired) electrons. The lowest BCUT2D eigenvalue weighted by molar-refractivity contribution is 0.0323. The van der Waals surface area contributed by atoms with Crippen molar-refractivity contribution in [3.8, 4) is 0 Å². The van der Waals surface area contributed by atoms with E-state index < -0.39 is 5.60 Å². The maximum absolute atomic E-state index is 11.9. The predicted octanol–water partition coefficient (Wildman–Crippen LogP) is 2.83. The second-order valence-electron chi connectivity index (χ2n) is 5.72. The molecule has 1 amide bonds. The van der Waals surface area contributed by atoms with Crippen molar-refractivity contribution in [3.05, 3.63) is 31.0 Å².